The molecule has 1 heterocycles. The predicted molar refractivity (Wildman–Crippen MR) is 81.2 cm³/mol. The van der Waals surface area contributed by atoms with Crippen LogP contribution in [0.15, 0.2) is 22.7 Å². The van der Waals surface area contributed by atoms with Gasteiger partial charge < -0.3 is 5.11 Å². The Labute approximate surface area is 128 Å². The molecule has 0 aliphatic heterocycles. The van der Waals surface area contributed by atoms with E-state index in [1.807, 2.05) is 19.1 Å². The van der Waals surface area contributed by atoms with Crippen LogP contribution in [0.4, 0.5) is 0 Å². The highest BCUT2D eigenvalue weighted by molar-refractivity contribution is 9.10. The predicted octanol–water partition coefficient (Wildman–Crippen LogP) is 4.88. The third-order valence-corrected chi connectivity index (χ3v) is 4.48. The standard InChI is InChI=1S/C13H11BrClNO2S/c1-2-3-10-11(13(17)18)19-12(16-10)8-6-7(14)4-5-9(8)15/h4-6H,2-3H2,1H3,(H,17,18). The summed E-state index contributed by atoms with van der Waals surface area (Å²) in [5, 5.41) is 10.4. The summed E-state index contributed by atoms with van der Waals surface area (Å²) in [6.07, 6.45) is 1.51. The van der Waals surface area contributed by atoms with Crippen LogP contribution in [0.5, 0.6) is 0 Å². The maximum Gasteiger partial charge on any atom is 0.347 e. The summed E-state index contributed by atoms with van der Waals surface area (Å²) in [5.41, 5.74) is 1.39. The van der Waals surface area contributed by atoms with Gasteiger partial charge in [0.25, 0.3) is 0 Å². The molecule has 0 bridgehead atoms. The van der Waals surface area contributed by atoms with Crippen molar-refractivity contribution in [1.82, 2.24) is 4.98 Å². The van der Waals surface area contributed by atoms with E-state index in [4.69, 9.17) is 11.6 Å². The number of benzene rings is 1. The number of aromatic nitrogens is 1. The highest BCUT2D eigenvalue weighted by atomic mass is 79.9. The second-order valence-electron chi connectivity index (χ2n) is 3.97. The molecule has 3 nitrogen and oxygen atoms in total. The van der Waals surface area contributed by atoms with Crippen LogP contribution in [0, 0.1) is 0 Å². The Morgan fingerprint density at radius 2 is 2.26 bits per heavy atom. The number of aryl methyl sites for hydroxylation is 1. The van der Waals surface area contributed by atoms with Gasteiger partial charge in [0.05, 0.1) is 10.7 Å². The average molecular weight is 361 g/mol. The average Bonchev–Trinajstić information content (AvgIpc) is 2.77. The highest BCUT2D eigenvalue weighted by Gasteiger charge is 2.18. The second kappa shape index (κ2) is 6.03. The van der Waals surface area contributed by atoms with Gasteiger partial charge in [-0.25, -0.2) is 9.78 Å². The van der Waals surface area contributed by atoms with Crippen molar-refractivity contribution in [1.29, 1.82) is 0 Å². The van der Waals surface area contributed by atoms with Crippen LogP contribution in [0.25, 0.3) is 10.6 Å². The Kier molecular flexibility index (Phi) is 4.60. The Bertz CT molecular complexity index is 627. The van der Waals surface area contributed by atoms with Crippen LogP contribution >= 0.6 is 38.9 Å². The van der Waals surface area contributed by atoms with Crippen LogP contribution in [0.3, 0.4) is 0 Å². The molecule has 0 aliphatic rings. The first-order valence-electron chi connectivity index (χ1n) is 5.71. The molecule has 6 heteroatoms. The van der Waals surface area contributed by atoms with Crippen molar-refractivity contribution in [2.24, 2.45) is 0 Å². The molecule has 0 spiro atoms. The minimum atomic E-state index is -0.932. The van der Waals surface area contributed by atoms with E-state index in [0.717, 1.165) is 16.5 Å². The van der Waals surface area contributed by atoms with Gasteiger partial charge >= 0.3 is 5.97 Å². The van der Waals surface area contributed by atoms with Gasteiger partial charge in [-0.15, -0.1) is 11.3 Å². The van der Waals surface area contributed by atoms with E-state index in [-0.39, 0.29) is 0 Å². The third kappa shape index (κ3) is 3.16. The van der Waals surface area contributed by atoms with Gasteiger partial charge in [-0.3, -0.25) is 0 Å². The lowest BCUT2D eigenvalue weighted by Gasteiger charge is -2.00. The molecule has 1 N–H and O–H groups in total. The molecule has 0 amide bonds. The number of carbonyl (C=O) groups is 1. The van der Waals surface area contributed by atoms with Crippen LogP contribution in [0.1, 0.15) is 28.7 Å². The van der Waals surface area contributed by atoms with E-state index in [2.05, 4.69) is 20.9 Å². The molecule has 0 radical (unpaired) electrons. The Morgan fingerprint density at radius 3 is 2.89 bits per heavy atom. The molecule has 1 aromatic carbocycles. The number of halogens is 2. The first-order valence-corrected chi connectivity index (χ1v) is 7.70. The van der Waals surface area contributed by atoms with Gasteiger partial charge in [0, 0.05) is 10.0 Å². The minimum Gasteiger partial charge on any atom is -0.477 e. The lowest BCUT2D eigenvalue weighted by atomic mass is 10.2. The lowest BCUT2D eigenvalue weighted by Crippen LogP contribution is -1.98. The summed E-state index contributed by atoms with van der Waals surface area (Å²) in [7, 11) is 0. The number of nitrogens with zero attached hydrogens (tertiary/aromatic N) is 1. The molecule has 0 unspecified atom stereocenters. The number of aromatic carboxylic acids is 1. The molecule has 2 rings (SSSR count). The van der Waals surface area contributed by atoms with E-state index in [0.29, 0.717) is 27.0 Å². The van der Waals surface area contributed by atoms with Gasteiger partial charge in [-0.05, 0) is 24.6 Å². The fraction of sp³-hybridized carbons (Fsp3) is 0.231. The van der Waals surface area contributed by atoms with Gasteiger partial charge in [0.2, 0.25) is 0 Å². The largest absolute Gasteiger partial charge is 0.477 e. The van der Waals surface area contributed by atoms with Gasteiger partial charge in [-0.2, -0.15) is 0 Å². The number of carboxylic acid groups (broad SMARTS) is 1. The van der Waals surface area contributed by atoms with Gasteiger partial charge in [0.1, 0.15) is 9.88 Å². The van der Waals surface area contributed by atoms with E-state index in [1.54, 1.807) is 6.07 Å². The maximum absolute atomic E-state index is 11.2. The van der Waals surface area contributed by atoms with Crippen LogP contribution in [-0.2, 0) is 6.42 Å². The molecule has 0 saturated carbocycles. The monoisotopic (exact) mass is 359 g/mol. The Balaban J connectivity index is 2.53. The summed E-state index contributed by atoms with van der Waals surface area (Å²) < 4.78 is 0.885. The molecule has 19 heavy (non-hydrogen) atoms. The number of thiazole rings is 1. The van der Waals surface area contributed by atoms with Crippen LogP contribution in [-0.4, -0.2) is 16.1 Å². The minimum absolute atomic E-state index is 0.299. The number of hydrogen-bond donors (Lipinski definition) is 1. The zero-order valence-corrected chi connectivity index (χ0v) is 13.3. The molecule has 2 aromatic rings. The van der Waals surface area contributed by atoms with Crippen LogP contribution in [0.2, 0.25) is 5.02 Å². The van der Waals surface area contributed by atoms with Gasteiger partial charge in [-0.1, -0.05) is 40.9 Å². The quantitative estimate of drug-likeness (QED) is 0.845. The van der Waals surface area contributed by atoms with Crippen molar-refractivity contribution in [3.8, 4) is 10.6 Å². The highest BCUT2D eigenvalue weighted by Crippen LogP contribution is 2.35. The summed E-state index contributed by atoms with van der Waals surface area (Å²) in [6.45, 7) is 2.00. The van der Waals surface area contributed by atoms with Crippen molar-refractivity contribution in [2.45, 2.75) is 19.8 Å². The third-order valence-electron chi connectivity index (χ3n) is 2.54. The second-order valence-corrected chi connectivity index (χ2v) is 6.30. The topological polar surface area (TPSA) is 50.2 Å². The van der Waals surface area contributed by atoms with Crippen molar-refractivity contribution in [2.75, 3.05) is 0 Å². The smallest absolute Gasteiger partial charge is 0.347 e. The summed E-state index contributed by atoms with van der Waals surface area (Å²) in [4.78, 5) is 15.9. The molecule has 0 atom stereocenters. The Morgan fingerprint density at radius 1 is 1.53 bits per heavy atom. The number of hydrogen-bond acceptors (Lipinski definition) is 3. The van der Waals surface area contributed by atoms with Crippen molar-refractivity contribution < 1.29 is 9.90 Å². The van der Waals surface area contributed by atoms with E-state index in [1.165, 1.54) is 11.3 Å². The summed E-state index contributed by atoms with van der Waals surface area (Å²) in [6, 6.07) is 5.45. The van der Waals surface area contributed by atoms with Gasteiger partial charge in [0.15, 0.2) is 0 Å². The molecule has 0 fully saturated rings. The zero-order valence-electron chi connectivity index (χ0n) is 10.1. The van der Waals surface area contributed by atoms with Crippen molar-refractivity contribution in [3.05, 3.63) is 38.3 Å². The SMILES string of the molecule is CCCc1nc(-c2cc(Br)ccc2Cl)sc1C(=O)O. The Hall–Kier alpha value is -0.910. The van der Waals surface area contributed by atoms with E-state index in [9.17, 15) is 9.90 Å². The van der Waals surface area contributed by atoms with E-state index < -0.39 is 5.97 Å². The summed E-state index contributed by atoms with van der Waals surface area (Å²) in [5.74, 6) is -0.932. The van der Waals surface area contributed by atoms with Crippen molar-refractivity contribution in [3.63, 3.8) is 0 Å². The zero-order chi connectivity index (χ0) is 14.0. The molecule has 100 valence electrons. The fourth-order valence-corrected chi connectivity index (χ4v) is 3.31. The number of carboxylic acids is 1. The molecular weight excluding hydrogens is 350 g/mol. The molecule has 0 saturated heterocycles. The molecular formula is C13H11BrClNO2S. The number of rotatable bonds is 4. The fourth-order valence-electron chi connectivity index (χ4n) is 1.70. The summed E-state index contributed by atoms with van der Waals surface area (Å²) >= 11 is 10.7. The first kappa shape index (κ1) is 14.5. The normalized spacial score (nSPS) is 10.7. The van der Waals surface area contributed by atoms with Crippen molar-refractivity contribution >= 4 is 44.8 Å². The molecule has 1 aromatic heterocycles. The maximum atomic E-state index is 11.2. The first-order chi connectivity index (χ1) is 9.02. The van der Waals surface area contributed by atoms with E-state index >= 15 is 0 Å². The lowest BCUT2D eigenvalue weighted by molar-refractivity contribution is 0.0700. The van der Waals surface area contributed by atoms with Crippen LogP contribution < -0.4 is 0 Å². The molecule has 0 aliphatic carbocycles.